The molecule has 7 heteroatoms. The van der Waals surface area contributed by atoms with Crippen molar-refractivity contribution in [1.29, 1.82) is 0 Å². The molecule has 1 aromatic heterocycles. The summed E-state index contributed by atoms with van der Waals surface area (Å²) in [6.45, 7) is 0.404. The second-order valence-corrected chi connectivity index (χ2v) is 8.09. The zero-order valence-electron chi connectivity index (χ0n) is 10.7. The van der Waals surface area contributed by atoms with Crippen molar-refractivity contribution in [1.82, 2.24) is 9.55 Å². The maximum absolute atomic E-state index is 12.0. The van der Waals surface area contributed by atoms with Crippen LogP contribution in [0.25, 0.3) is 11.0 Å². The number of imidazole rings is 1. The van der Waals surface area contributed by atoms with E-state index in [1.165, 1.54) is 0 Å². The van der Waals surface area contributed by atoms with Gasteiger partial charge in [0.1, 0.15) is 11.3 Å². The SMILES string of the molecule is O=S1(=O)CCCC1Cn1c(CCl)nc2c(Cl)cccc21. The highest BCUT2D eigenvalue weighted by Gasteiger charge is 2.32. The number of aromatic nitrogens is 2. The lowest BCUT2D eigenvalue weighted by molar-refractivity contribution is 0.565. The summed E-state index contributed by atoms with van der Waals surface area (Å²) in [5.74, 6) is 1.18. The topological polar surface area (TPSA) is 52.0 Å². The predicted molar refractivity (Wildman–Crippen MR) is 81.1 cm³/mol. The first kappa shape index (κ1) is 14.2. The Balaban J connectivity index is 2.09. The smallest absolute Gasteiger partial charge is 0.154 e. The van der Waals surface area contributed by atoms with Gasteiger partial charge in [0.2, 0.25) is 0 Å². The molecule has 0 saturated carbocycles. The average Bonchev–Trinajstić information content (AvgIpc) is 2.92. The van der Waals surface area contributed by atoms with E-state index in [0.29, 0.717) is 29.3 Å². The minimum absolute atomic E-state index is 0.234. The number of hydrogen-bond donors (Lipinski definition) is 0. The van der Waals surface area contributed by atoms with Crippen molar-refractivity contribution in [3.63, 3.8) is 0 Å². The molecule has 0 spiro atoms. The molecule has 1 aromatic carbocycles. The summed E-state index contributed by atoms with van der Waals surface area (Å²) in [6, 6.07) is 5.50. The second-order valence-electron chi connectivity index (χ2n) is 5.01. The molecule has 1 unspecified atom stereocenters. The number of fused-ring (bicyclic) bond motifs is 1. The summed E-state index contributed by atoms with van der Waals surface area (Å²) in [6.07, 6.45) is 1.43. The molecule has 0 radical (unpaired) electrons. The van der Waals surface area contributed by atoms with Gasteiger partial charge in [0.05, 0.1) is 27.4 Å². The van der Waals surface area contributed by atoms with Gasteiger partial charge in [-0.25, -0.2) is 13.4 Å². The molecule has 1 aliphatic heterocycles. The number of nitrogens with zero attached hydrogens (tertiary/aromatic N) is 2. The van der Waals surface area contributed by atoms with Crippen LogP contribution in [0.3, 0.4) is 0 Å². The molecule has 1 fully saturated rings. The number of hydrogen-bond acceptors (Lipinski definition) is 3. The van der Waals surface area contributed by atoms with Gasteiger partial charge in [-0.05, 0) is 25.0 Å². The fraction of sp³-hybridized carbons (Fsp3) is 0.462. The van der Waals surface area contributed by atoms with Gasteiger partial charge in [0.15, 0.2) is 9.84 Å². The maximum Gasteiger partial charge on any atom is 0.154 e. The van der Waals surface area contributed by atoms with Crippen LogP contribution in [-0.4, -0.2) is 29.0 Å². The van der Waals surface area contributed by atoms with Crippen molar-refractivity contribution >= 4 is 44.1 Å². The van der Waals surface area contributed by atoms with E-state index in [2.05, 4.69) is 4.98 Å². The van der Waals surface area contributed by atoms with Crippen LogP contribution >= 0.6 is 23.2 Å². The van der Waals surface area contributed by atoms with Gasteiger partial charge in [0.25, 0.3) is 0 Å². The zero-order valence-corrected chi connectivity index (χ0v) is 13.0. The van der Waals surface area contributed by atoms with E-state index in [0.717, 1.165) is 11.9 Å². The lowest BCUT2D eigenvalue weighted by atomic mass is 10.2. The Morgan fingerprint density at radius 2 is 2.20 bits per heavy atom. The molecular formula is C13H14Cl2N2O2S. The highest BCUT2D eigenvalue weighted by Crippen LogP contribution is 2.28. The summed E-state index contributed by atoms with van der Waals surface area (Å²) in [5.41, 5.74) is 1.52. The minimum atomic E-state index is -2.99. The average molecular weight is 333 g/mol. The third-order valence-corrected chi connectivity index (χ3v) is 6.58. The van der Waals surface area contributed by atoms with Gasteiger partial charge in [0, 0.05) is 6.54 Å². The summed E-state index contributed by atoms with van der Waals surface area (Å²) in [5, 5.41) is 0.211. The van der Waals surface area contributed by atoms with Gasteiger partial charge in [-0.3, -0.25) is 0 Å². The molecule has 20 heavy (non-hydrogen) atoms. The summed E-state index contributed by atoms with van der Waals surface area (Å²) in [4.78, 5) is 4.42. The van der Waals surface area contributed by atoms with Crippen molar-refractivity contribution in [3.05, 3.63) is 29.0 Å². The number of alkyl halides is 1. The van der Waals surface area contributed by atoms with Gasteiger partial charge in [-0.15, -0.1) is 11.6 Å². The Bertz CT molecular complexity index is 755. The van der Waals surface area contributed by atoms with Crippen molar-refractivity contribution < 1.29 is 8.42 Å². The molecule has 0 N–H and O–H groups in total. The van der Waals surface area contributed by atoms with Gasteiger partial charge < -0.3 is 4.57 Å². The Morgan fingerprint density at radius 1 is 1.40 bits per heavy atom. The fourth-order valence-corrected chi connectivity index (χ4v) is 4.95. The Labute approximate surface area is 127 Å². The molecule has 0 amide bonds. The van der Waals surface area contributed by atoms with E-state index in [1.54, 1.807) is 6.07 Å². The van der Waals surface area contributed by atoms with Crippen LogP contribution < -0.4 is 0 Å². The normalized spacial score (nSPS) is 21.6. The Hall–Kier alpha value is -0.780. The van der Waals surface area contributed by atoms with Crippen LogP contribution in [0.5, 0.6) is 0 Å². The van der Waals surface area contributed by atoms with Crippen LogP contribution in [0.2, 0.25) is 5.02 Å². The first-order valence-electron chi connectivity index (χ1n) is 6.44. The number of benzene rings is 1. The molecule has 1 aliphatic rings. The van der Waals surface area contributed by atoms with Crippen LogP contribution in [0.15, 0.2) is 18.2 Å². The molecular weight excluding hydrogens is 319 g/mol. The molecule has 2 aromatic rings. The third kappa shape index (κ3) is 2.32. The number of sulfone groups is 1. The fourth-order valence-electron chi connectivity index (χ4n) is 2.73. The molecule has 4 nitrogen and oxygen atoms in total. The van der Waals surface area contributed by atoms with E-state index in [9.17, 15) is 8.42 Å². The van der Waals surface area contributed by atoms with Crippen LogP contribution in [0, 0.1) is 0 Å². The quantitative estimate of drug-likeness (QED) is 0.812. The molecule has 108 valence electrons. The van der Waals surface area contributed by atoms with Crippen LogP contribution in [0.4, 0.5) is 0 Å². The second kappa shape index (κ2) is 5.20. The lowest BCUT2D eigenvalue weighted by Crippen LogP contribution is -2.23. The summed E-state index contributed by atoms with van der Waals surface area (Å²) < 4.78 is 25.9. The highest BCUT2D eigenvalue weighted by atomic mass is 35.5. The van der Waals surface area contributed by atoms with Crippen molar-refractivity contribution in [2.24, 2.45) is 0 Å². The van der Waals surface area contributed by atoms with Crippen molar-refractivity contribution in [2.45, 2.75) is 30.5 Å². The minimum Gasteiger partial charge on any atom is -0.326 e. The zero-order chi connectivity index (χ0) is 14.3. The highest BCUT2D eigenvalue weighted by molar-refractivity contribution is 7.92. The summed E-state index contributed by atoms with van der Waals surface area (Å²) in [7, 11) is -2.99. The summed E-state index contributed by atoms with van der Waals surface area (Å²) >= 11 is 12.1. The van der Waals surface area contributed by atoms with Gasteiger partial charge in [-0.2, -0.15) is 0 Å². The Morgan fingerprint density at radius 3 is 2.85 bits per heavy atom. The molecule has 1 atom stereocenters. The molecule has 2 heterocycles. The number of para-hydroxylation sites is 1. The molecule has 0 aliphatic carbocycles. The van der Waals surface area contributed by atoms with E-state index in [4.69, 9.17) is 23.2 Å². The van der Waals surface area contributed by atoms with E-state index in [1.807, 2.05) is 16.7 Å². The molecule has 0 bridgehead atoms. The van der Waals surface area contributed by atoms with Crippen molar-refractivity contribution in [2.75, 3.05) is 5.75 Å². The first-order valence-corrected chi connectivity index (χ1v) is 9.07. The Kier molecular flexibility index (Phi) is 3.69. The van der Waals surface area contributed by atoms with Crippen molar-refractivity contribution in [3.8, 4) is 0 Å². The van der Waals surface area contributed by atoms with E-state index < -0.39 is 9.84 Å². The molecule has 3 rings (SSSR count). The van der Waals surface area contributed by atoms with Gasteiger partial charge in [-0.1, -0.05) is 17.7 Å². The van der Waals surface area contributed by atoms with Crippen LogP contribution in [-0.2, 0) is 22.3 Å². The van der Waals surface area contributed by atoms with E-state index in [-0.39, 0.29) is 16.9 Å². The monoisotopic (exact) mass is 332 g/mol. The van der Waals surface area contributed by atoms with E-state index >= 15 is 0 Å². The number of halogens is 2. The van der Waals surface area contributed by atoms with Gasteiger partial charge >= 0.3 is 0 Å². The maximum atomic E-state index is 12.0. The molecule has 1 saturated heterocycles. The number of rotatable bonds is 3. The largest absolute Gasteiger partial charge is 0.326 e. The lowest BCUT2D eigenvalue weighted by Gasteiger charge is -2.13. The van der Waals surface area contributed by atoms with Crippen LogP contribution in [0.1, 0.15) is 18.7 Å². The predicted octanol–water partition coefficient (Wildman–Crippen LogP) is 3.01. The first-order chi connectivity index (χ1) is 9.53. The third-order valence-electron chi connectivity index (χ3n) is 3.78. The standard InChI is InChI=1S/C13H14Cl2N2O2S/c14-7-12-16-13-10(15)4-1-5-11(13)17(12)8-9-3-2-6-20(9,18)19/h1,4-5,9H,2-3,6-8H2.